The van der Waals surface area contributed by atoms with Gasteiger partial charge in [-0.3, -0.25) is 4.68 Å². The Balaban J connectivity index is 1.78. The summed E-state index contributed by atoms with van der Waals surface area (Å²) in [5, 5.41) is 4.45. The average molecular weight is 418 g/mol. The molecular weight excluding hydrogens is 394 g/mol. The van der Waals surface area contributed by atoms with E-state index in [-0.39, 0.29) is 18.0 Å². The van der Waals surface area contributed by atoms with Crippen molar-refractivity contribution in [3.05, 3.63) is 108 Å². The van der Waals surface area contributed by atoms with Gasteiger partial charge in [-0.1, -0.05) is 91.0 Å². The van der Waals surface area contributed by atoms with Gasteiger partial charge >= 0.3 is 0 Å². The van der Waals surface area contributed by atoms with Crippen LogP contribution in [0.3, 0.4) is 0 Å². The SMILES string of the molecule is Cn1cc(S(=O)(=O)N(Cc2ccccc2)Cc2ccccc2)c(-c2ccccc2)n1. The van der Waals surface area contributed by atoms with Crippen LogP contribution in [0.15, 0.2) is 102 Å². The number of hydrogen-bond acceptors (Lipinski definition) is 3. The fourth-order valence-corrected chi connectivity index (χ4v) is 5.00. The Bertz CT molecular complexity index is 1160. The Morgan fingerprint density at radius 3 is 1.73 bits per heavy atom. The summed E-state index contributed by atoms with van der Waals surface area (Å²) >= 11 is 0. The number of aromatic nitrogens is 2. The Morgan fingerprint density at radius 1 is 0.767 bits per heavy atom. The molecule has 0 spiro atoms. The molecule has 0 radical (unpaired) electrons. The van der Waals surface area contributed by atoms with Crippen molar-refractivity contribution in [3.8, 4) is 11.3 Å². The van der Waals surface area contributed by atoms with Gasteiger partial charge in [-0.05, 0) is 11.1 Å². The van der Waals surface area contributed by atoms with Crippen molar-refractivity contribution in [1.29, 1.82) is 0 Å². The monoisotopic (exact) mass is 417 g/mol. The van der Waals surface area contributed by atoms with E-state index in [0.717, 1.165) is 16.7 Å². The van der Waals surface area contributed by atoms with Crippen LogP contribution >= 0.6 is 0 Å². The first kappa shape index (κ1) is 20.1. The smallest absolute Gasteiger partial charge is 0.247 e. The molecule has 0 saturated carbocycles. The first-order valence-corrected chi connectivity index (χ1v) is 11.1. The van der Waals surface area contributed by atoms with E-state index in [1.807, 2.05) is 91.0 Å². The predicted molar refractivity (Wildman–Crippen MR) is 118 cm³/mol. The number of benzene rings is 3. The van der Waals surface area contributed by atoms with Gasteiger partial charge in [-0.2, -0.15) is 9.40 Å². The first-order valence-electron chi connectivity index (χ1n) is 9.71. The number of rotatable bonds is 7. The lowest BCUT2D eigenvalue weighted by Crippen LogP contribution is -2.30. The highest BCUT2D eigenvalue weighted by atomic mass is 32.2. The molecule has 0 atom stereocenters. The quantitative estimate of drug-likeness (QED) is 0.446. The fourth-order valence-electron chi connectivity index (χ4n) is 3.39. The maximum Gasteiger partial charge on any atom is 0.247 e. The van der Waals surface area contributed by atoms with Crippen molar-refractivity contribution in [1.82, 2.24) is 14.1 Å². The molecule has 0 amide bonds. The number of hydrogen-bond donors (Lipinski definition) is 0. The lowest BCUT2D eigenvalue weighted by Gasteiger charge is -2.22. The van der Waals surface area contributed by atoms with Crippen molar-refractivity contribution in [3.63, 3.8) is 0 Å². The van der Waals surface area contributed by atoms with Gasteiger partial charge < -0.3 is 0 Å². The van der Waals surface area contributed by atoms with E-state index in [2.05, 4.69) is 5.10 Å². The zero-order valence-electron chi connectivity index (χ0n) is 16.7. The second kappa shape index (κ2) is 8.65. The number of aryl methyl sites for hydroxylation is 1. The molecule has 6 heteroatoms. The normalized spacial score (nSPS) is 11.7. The van der Waals surface area contributed by atoms with Crippen LogP contribution < -0.4 is 0 Å². The Labute approximate surface area is 177 Å². The van der Waals surface area contributed by atoms with E-state index in [9.17, 15) is 8.42 Å². The first-order chi connectivity index (χ1) is 14.5. The van der Waals surface area contributed by atoms with E-state index in [1.54, 1.807) is 17.9 Å². The molecule has 0 aliphatic rings. The summed E-state index contributed by atoms with van der Waals surface area (Å²) < 4.78 is 30.7. The van der Waals surface area contributed by atoms with Crippen molar-refractivity contribution in [2.24, 2.45) is 7.05 Å². The molecule has 1 aromatic heterocycles. The zero-order chi connectivity index (χ0) is 21.0. The molecule has 30 heavy (non-hydrogen) atoms. The summed E-state index contributed by atoms with van der Waals surface area (Å²) in [5.74, 6) is 0. The van der Waals surface area contributed by atoms with E-state index in [1.165, 1.54) is 4.31 Å². The van der Waals surface area contributed by atoms with Gasteiger partial charge in [0, 0.05) is 31.9 Å². The van der Waals surface area contributed by atoms with Gasteiger partial charge in [0.1, 0.15) is 10.6 Å². The van der Waals surface area contributed by atoms with E-state index >= 15 is 0 Å². The van der Waals surface area contributed by atoms with E-state index in [4.69, 9.17) is 0 Å². The molecule has 1 heterocycles. The van der Waals surface area contributed by atoms with E-state index in [0.29, 0.717) is 5.69 Å². The minimum absolute atomic E-state index is 0.211. The van der Waals surface area contributed by atoms with Crippen LogP contribution in [0.4, 0.5) is 0 Å². The molecule has 152 valence electrons. The summed E-state index contributed by atoms with van der Waals surface area (Å²) in [6.07, 6.45) is 1.58. The molecule has 0 aliphatic heterocycles. The summed E-state index contributed by atoms with van der Waals surface area (Å²) in [7, 11) is -2.07. The van der Waals surface area contributed by atoms with Gasteiger partial charge in [-0.15, -0.1) is 0 Å². The molecule has 4 rings (SSSR count). The largest absolute Gasteiger partial charge is 0.274 e. The third-order valence-electron chi connectivity index (χ3n) is 4.86. The standard InChI is InChI=1S/C24H23N3O2S/c1-26-19-23(24(25-26)22-15-9-4-10-16-22)30(28,29)27(17-20-11-5-2-6-12-20)18-21-13-7-3-8-14-21/h2-16,19H,17-18H2,1H3. The highest BCUT2D eigenvalue weighted by molar-refractivity contribution is 7.89. The molecule has 0 aliphatic carbocycles. The number of sulfonamides is 1. The van der Waals surface area contributed by atoms with Crippen LogP contribution in [0.2, 0.25) is 0 Å². The molecule has 0 saturated heterocycles. The second-order valence-electron chi connectivity index (χ2n) is 7.13. The summed E-state index contributed by atoms with van der Waals surface area (Å²) in [6, 6.07) is 28.7. The van der Waals surface area contributed by atoms with Crippen LogP contribution in [0.1, 0.15) is 11.1 Å². The summed E-state index contributed by atoms with van der Waals surface area (Å²) in [6.45, 7) is 0.558. The summed E-state index contributed by atoms with van der Waals surface area (Å²) in [4.78, 5) is 0.211. The van der Waals surface area contributed by atoms with Crippen molar-refractivity contribution < 1.29 is 8.42 Å². The lowest BCUT2D eigenvalue weighted by molar-refractivity contribution is 0.401. The third-order valence-corrected chi connectivity index (χ3v) is 6.66. The molecular formula is C24H23N3O2S. The van der Waals surface area contributed by atoms with Crippen LogP contribution in [-0.2, 0) is 30.2 Å². The van der Waals surface area contributed by atoms with Gasteiger partial charge in [0.25, 0.3) is 0 Å². The van der Waals surface area contributed by atoms with Crippen molar-refractivity contribution >= 4 is 10.0 Å². The molecule has 0 fully saturated rings. The Kier molecular flexibility index (Phi) is 5.79. The molecule has 0 bridgehead atoms. The predicted octanol–water partition coefficient (Wildman–Crippen LogP) is 4.48. The summed E-state index contributed by atoms with van der Waals surface area (Å²) in [5.41, 5.74) is 3.10. The highest BCUT2D eigenvalue weighted by Crippen LogP contribution is 2.29. The maximum atomic E-state index is 13.8. The van der Waals surface area contributed by atoms with Crippen molar-refractivity contribution in [2.75, 3.05) is 0 Å². The van der Waals surface area contributed by atoms with Gasteiger partial charge in [0.15, 0.2) is 0 Å². The average Bonchev–Trinajstić information content (AvgIpc) is 3.18. The fraction of sp³-hybridized carbons (Fsp3) is 0.125. The molecule has 3 aromatic carbocycles. The topological polar surface area (TPSA) is 55.2 Å². The van der Waals surface area contributed by atoms with Crippen molar-refractivity contribution in [2.45, 2.75) is 18.0 Å². The third kappa shape index (κ3) is 4.35. The Morgan fingerprint density at radius 2 is 1.23 bits per heavy atom. The van der Waals surface area contributed by atoms with Crippen LogP contribution in [-0.4, -0.2) is 22.5 Å². The van der Waals surface area contributed by atoms with Crippen LogP contribution in [0.5, 0.6) is 0 Å². The minimum Gasteiger partial charge on any atom is -0.274 e. The molecule has 0 N–H and O–H groups in total. The zero-order valence-corrected chi connectivity index (χ0v) is 17.5. The Hall–Kier alpha value is -3.22. The highest BCUT2D eigenvalue weighted by Gasteiger charge is 2.30. The van der Waals surface area contributed by atoms with Gasteiger partial charge in [-0.25, -0.2) is 8.42 Å². The van der Waals surface area contributed by atoms with Crippen LogP contribution in [0.25, 0.3) is 11.3 Å². The second-order valence-corrected chi connectivity index (χ2v) is 9.03. The molecule has 0 unspecified atom stereocenters. The maximum absolute atomic E-state index is 13.8. The van der Waals surface area contributed by atoms with Crippen LogP contribution in [0, 0.1) is 0 Å². The number of nitrogens with zero attached hydrogens (tertiary/aromatic N) is 3. The lowest BCUT2D eigenvalue weighted by atomic mass is 10.2. The molecule has 4 aromatic rings. The van der Waals surface area contributed by atoms with Gasteiger partial charge in [0.05, 0.1) is 0 Å². The van der Waals surface area contributed by atoms with E-state index < -0.39 is 10.0 Å². The molecule has 5 nitrogen and oxygen atoms in total. The van der Waals surface area contributed by atoms with Gasteiger partial charge in [0.2, 0.25) is 10.0 Å². The minimum atomic E-state index is -3.81.